The number of phenols is 1. The van der Waals surface area contributed by atoms with Gasteiger partial charge < -0.3 is 20.9 Å². The summed E-state index contributed by atoms with van der Waals surface area (Å²) in [6.07, 6.45) is 1.43. The molecule has 6 nitrogen and oxygen atoms in total. The molecule has 1 atom stereocenters. The number of nitrogens with zero attached hydrogens (tertiary/aromatic N) is 2. The van der Waals surface area contributed by atoms with Crippen LogP contribution in [0, 0.1) is 0 Å². The first-order valence-electron chi connectivity index (χ1n) is 5.81. The van der Waals surface area contributed by atoms with Gasteiger partial charge in [0.05, 0.1) is 11.6 Å². The third kappa shape index (κ3) is 2.65. The highest BCUT2D eigenvalue weighted by Crippen LogP contribution is 2.27. The lowest BCUT2D eigenvalue weighted by Gasteiger charge is -2.23. The largest absolute Gasteiger partial charge is 0.507 e. The molecule has 1 saturated heterocycles. The number of nitrogens with two attached hydrogens (primary N) is 1. The molecular formula is C12H14BrN3O3. The van der Waals surface area contributed by atoms with E-state index in [1.54, 1.807) is 12.1 Å². The van der Waals surface area contributed by atoms with Gasteiger partial charge in [-0.25, -0.2) is 0 Å². The fourth-order valence-electron chi connectivity index (χ4n) is 2.22. The Morgan fingerprint density at radius 2 is 2.26 bits per heavy atom. The molecule has 1 aliphatic heterocycles. The van der Waals surface area contributed by atoms with Gasteiger partial charge in [0.25, 0.3) is 5.91 Å². The first-order chi connectivity index (χ1) is 9.04. The lowest BCUT2D eigenvalue weighted by molar-refractivity contribution is 0.0765. The molecule has 1 unspecified atom stereocenters. The predicted molar refractivity (Wildman–Crippen MR) is 73.3 cm³/mol. The van der Waals surface area contributed by atoms with E-state index in [0.717, 1.165) is 6.42 Å². The normalized spacial score (nSPS) is 19.7. The van der Waals surface area contributed by atoms with Gasteiger partial charge in [0.2, 0.25) is 0 Å². The molecule has 102 valence electrons. The highest BCUT2D eigenvalue weighted by molar-refractivity contribution is 9.10. The van der Waals surface area contributed by atoms with Crippen LogP contribution in [0.1, 0.15) is 23.2 Å². The van der Waals surface area contributed by atoms with E-state index in [0.29, 0.717) is 17.4 Å². The first kappa shape index (κ1) is 13.7. The Labute approximate surface area is 118 Å². The zero-order valence-electron chi connectivity index (χ0n) is 10.1. The standard InChI is InChI=1S/C12H14BrN3O3/c13-7-3-4-8(10(17)6-7)12(18)16-5-1-2-9(16)11(14)15-19/h3-4,6,9,17,19H,1-2,5H2,(H2,14,15). The van der Waals surface area contributed by atoms with Crippen LogP contribution in [0.5, 0.6) is 5.75 Å². The lowest BCUT2D eigenvalue weighted by Crippen LogP contribution is -2.43. The second kappa shape index (κ2) is 5.48. The van der Waals surface area contributed by atoms with Crippen molar-refractivity contribution in [3.05, 3.63) is 28.2 Å². The Bertz CT molecular complexity index is 533. The van der Waals surface area contributed by atoms with Crippen molar-refractivity contribution >= 4 is 27.7 Å². The van der Waals surface area contributed by atoms with Crippen molar-refractivity contribution in [1.82, 2.24) is 4.90 Å². The second-order valence-electron chi connectivity index (χ2n) is 4.34. The van der Waals surface area contributed by atoms with E-state index < -0.39 is 6.04 Å². The fraction of sp³-hybridized carbons (Fsp3) is 0.333. The van der Waals surface area contributed by atoms with E-state index in [1.165, 1.54) is 11.0 Å². The van der Waals surface area contributed by atoms with Crippen molar-refractivity contribution in [2.75, 3.05) is 6.54 Å². The Hall–Kier alpha value is -1.76. The van der Waals surface area contributed by atoms with Gasteiger partial charge in [0, 0.05) is 11.0 Å². The molecule has 0 saturated carbocycles. The number of amides is 1. The van der Waals surface area contributed by atoms with Gasteiger partial charge in [-0.05, 0) is 31.0 Å². The summed E-state index contributed by atoms with van der Waals surface area (Å²) in [6.45, 7) is 0.523. The number of amidine groups is 1. The van der Waals surface area contributed by atoms with Crippen LogP contribution in [0.25, 0.3) is 0 Å². The van der Waals surface area contributed by atoms with Gasteiger partial charge in [0.15, 0.2) is 5.84 Å². The number of oxime groups is 1. The number of benzene rings is 1. The minimum atomic E-state index is -0.416. The van der Waals surface area contributed by atoms with Gasteiger partial charge in [-0.15, -0.1) is 0 Å². The summed E-state index contributed by atoms with van der Waals surface area (Å²) in [5, 5.41) is 21.5. The van der Waals surface area contributed by atoms with Crippen molar-refractivity contribution in [2.24, 2.45) is 10.9 Å². The van der Waals surface area contributed by atoms with Gasteiger partial charge in [0.1, 0.15) is 5.75 Å². The number of carbonyl (C=O) groups is 1. The zero-order valence-corrected chi connectivity index (χ0v) is 11.7. The highest BCUT2D eigenvalue weighted by atomic mass is 79.9. The number of aromatic hydroxyl groups is 1. The summed E-state index contributed by atoms with van der Waals surface area (Å²) in [7, 11) is 0. The second-order valence-corrected chi connectivity index (χ2v) is 5.26. The molecular weight excluding hydrogens is 314 g/mol. The molecule has 1 heterocycles. The van der Waals surface area contributed by atoms with E-state index in [4.69, 9.17) is 10.9 Å². The quantitative estimate of drug-likeness (QED) is 0.332. The van der Waals surface area contributed by atoms with Crippen LogP contribution in [0.2, 0.25) is 0 Å². The average Bonchev–Trinajstić information content (AvgIpc) is 2.86. The van der Waals surface area contributed by atoms with Gasteiger partial charge in [-0.3, -0.25) is 4.79 Å². The van der Waals surface area contributed by atoms with Gasteiger partial charge >= 0.3 is 0 Å². The molecule has 1 amide bonds. The maximum absolute atomic E-state index is 12.4. The van der Waals surface area contributed by atoms with E-state index >= 15 is 0 Å². The number of likely N-dealkylation sites (tertiary alicyclic amines) is 1. The number of rotatable bonds is 2. The number of carbonyl (C=O) groups excluding carboxylic acids is 1. The molecule has 0 spiro atoms. The van der Waals surface area contributed by atoms with E-state index in [2.05, 4.69) is 21.1 Å². The highest BCUT2D eigenvalue weighted by Gasteiger charge is 2.33. The van der Waals surface area contributed by atoms with E-state index in [-0.39, 0.29) is 23.1 Å². The molecule has 2 rings (SSSR count). The number of hydrogen-bond acceptors (Lipinski definition) is 4. The van der Waals surface area contributed by atoms with Crippen molar-refractivity contribution in [2.45, 2.75) is 18.9 Å². The van der Waals surface area contributed by atoms with Crippen molar-refractivity contribution < 1.29 is 15.1 Å². The van der Waals surface area contributed by atoms with Crippen LogP contribution in [0.4, 0.5) is 0 Å². The number of halogens is 1. The Morgan fingerprint density at radius 1 is 1.53 bits per heavy atom. The molecule has 0 aliphatic carbocycles. The van der Waals surface area contributed by atoms with Crippen LogP contribution < -0.4 is 5.73 Å². The van der Waals surface area contributed by atoms with E-state index in [1.807, 2.05) is 0 Å². The molecule has 7 heteroatoms. The monoisotopic (exact) mass is 327 g/mol. The molecule has 0 radical (unpaired) electrons. The number of phenolic OH excluding ortho intramolecular Hbond substituents is 1. The lowest BCUT2D eigenvalue weighted by atomic mass is 10.1. The zero-order chi connectivity index (χ0) is 14.0. The molecule has 0 bridgehead atoms. The predicted octanol–water partition coefficient (Wildman–Crippen LogP) is 1.51. The number of hydrogen-bond donors (Lipinski definition) is 3. The Balaban J connectivity index is 2.28. The van der Waals surface area contributed by atoms with Crippen LogP contribution >= 0.6 is 15.9 Å². The summed E-state index contributed by atoms with van der Waals surface area (Å²) in [5.74, 6) is -0.397. The van der Waals surface area contributed by atoms with Crippen LogP contribution in [0.15, 0.2) is 27.8 Å². The summed E-state index contributed by atoms with van der Waals surface area (Å²) < 4.78 is 0.691. The Morgan fingerprint density at radius 3 is 2.89 bits per heavy atom. The topological polar surface area (TPSA) is 99.2 Å². The summed E-state index contributed by atoms with van der Waals surface area (Å²) in [6, 6.07) is 4.27. The molecule has 0 aromatic heterocycles. The molecule has 1 aromatic rings. The fourth-order valence-corrected chi connectivity index (χ4v) is 2.57. The molecule has 1 aromatic carbocycles. The maximum Gasteiger partial charge on any atom is 0.258 e. The van der Waals surface area contributed by atoms with E-state index in [9.17, 15) is 9.90 Å². The molecule has 4 N–H and O–H groups in total. The molecule has 1 fully saturated rings. The SMILES string of the molecule is NC(=NO)C1CCCN1C(=O)c1ccc(Br)cc1O. The third-order valence-corrected chi connectivity index (χ3v) is 3.65. The molecule has 19 heavy (non-hydrogen) atoms. The summed E-state index contributed by atoms with van der Waals surface area (Å²) in [5.41, 5.74) is 5.79. The summed E-state index contributed by atoms with van der Waals surface area (Å²) >= 11 is 3.22. The average molecular weight is 328 g/mol. The third-order valence-electron chi connectivity index (χ3n) is 3.16. The van der Waals surface area contributed by atoms with Crippen molar-refractivity contribution in [3.63, 3.8) is 0 Å². The maximum atomic E-state index is 12.4. The minimum absolute atomic E-state index is 0.0162. The van der Waals surface area contributed by atoms with Crippen LogP contribution in [0.3, 0.4) is 0 Å². The van der Waals surface area contributed by atoms with Crippen LogP contribution in [-0.4, -0.2) is 39.5 Å². The van der Waals surface area contributed by atoms with Crippen molar-refractivity contribution in [3.8, 4) is 5.75 Å². The van der Waals surface area contributed by atoms with Crippen molar-refractivity contribution in [1.29, 1.82) is 0 Å². The van der Waals surface area contributed by atoms with Gasteiger partial charge in [-0.2, -0.15) is 0 Å². The Kier molecular flexibility index (Phi) is 3.94. The smallest absolute Gasteiger partial charge is 0.258 e. The van der Waals surface area contributed by atoms with Crippen LogP contribution in [-0.2, 0) is 0 Å². The summed E-state index contributed by atoms with van der Waals surface area (Å²) in [4.78, 5) is 13.9. The molecule has 1 aliphatic rings. The minimum Gasteiger partial charge on any atom is -0.507 e. The van der Waals surface area contributed by atoms with Gasteiger partial charge in [-0.1, -0.05) is 21.1 Å². The first-order valence-corrected chi connectivity index (χ1v) is 6.60.